The van der Waals surface area contributed by atoms with E-state index in [0.717, 1.165) is 51.4 Å². The van der Waals surface area contributed by atoms with Gasteiger partial charge in [0.2, 0.25) is 0 Å². The lowest BCUT2D eigenvalue weighted by atomic mass is 10.2. The minimum absolute atomic E-state index is 0.119. The third-order valence-electron chi connectivity index (χ3n) is 12.0. The van der Waals surface area contributed by atoms with E-state index in [2.05, 4.69) is 55.4 Å². The zero-order valence-corrected chi connectivity index (χ0v) is 52.9. The van der Waals surface area contributed by atoms with Crippen molar-refractivity contribution >= 4 is 0 Å². The first-order valence-electron chi connectivity index (χ1n) is 32.0. The van der Waals surface area contributed by atoms with Crippen molar-refractivity contribution in [3.05, 3.63) is 0 Å². The molecule has 0 saturated carbocycles. The molecule has 0 radical (unpaired) electrons. The van der Waals surface area contributed by atoms with Crippen molar-refractivity contribution in [1.82, 2.24) is 10.0 Å². The SMILES string of the molecule is CCCOC(CCOCCCOC(CCO)N(C(CCO)OCCCOCCC(OCCC)OCCC)N(C(CCO)OCCCOCCC(OCCC)OCCC)C(CCO)OCCCOCCC(OCCC)OCCC)OCCC. The molecule has 22 nitrogen and oxygen atoms in total. The van der Waals surface area contributed by atoms with E-state index in [9.17, 15) is 20.4 Å². The Morgan fingerprint density at radius 2 is 0.402 bits per heavy atom. The third kappa shape index (κ3) is 45.4. The van der Waals surface area contributed by atoms with E-state index in [-0.39, 0.29) is 104 Å². The monoisotopic (exact) mass is 1190 g/mol. The van der Waals surface area contributed by atoms with Gasteiger partial charge in [0.1, 0.15) is 24.9 Å². The molecule has 22 heteroatoms. The van der Waals surface area contributed by atoms with Gasteiger partial charge in [0, 0.05) is 157 Å². The highest BCUT2D eigenvalue weighted by molar-refractivity contribution is 4.76. The second kappa shape index (κ2) is 63.1. The first-order valence-corrected chi connectivity index (χ1v) is 32.0. The minimum atomic E-state index is -0.868. The summed E-state index contributed by atoms with van der Waals surface area (Å²) in [6.07, 6.45) is 7.16. The van der Waals surface area contributed by atoms with Crippen molar-refractivity contribution in [3.8, 4) is 0 Å². The molecule has 0 saturated heterocycles. The highest BCUT2D eigenvalue weighted by Gasteiger charge is 2.41. The van der Waals surface area contributed by atoms with E-state index in [1.54, 1.807) is 0 Å². The minimum Gasteiger partial charge on any atom is -0.396 e. The molecule has 0 aliphatic rings. The Balaban J connectivity index is 6.92. The number of hydrazine groups is 1. The van der Waals surface area contributed by atoms with Crippen LogP contribution in [0, 0.1) is 0 Å². The summed E-state index contributed by atoms with van der Waals surface area (Å²) in [5.74, 6) is 0. The molecule has 4 N–H and O–H groups in total. The van der Waals surface area contributed by atoms with Crippen LogP contribution in [0.5, 0.6) is 0 Å². The van der Waals surface area contributed by atoms with Gasteiger partial charge in [0.05, 0.1) is 52.9 Å². The predicted octanol–water partition coefficient (Wildman–Crippen LogP) is 8.31. The average Bonchev–Trinajstić information content (AvgIpc) is 3.59. The number of aliphatic hydroxyl groups excluding tert-OH is 4. The van der Waals surface area contributed by atoms with Crippen LogP contribution >= 0.6 is 0 Å². The Labute approximate surface area is 497 Å². The molecule has 0 spiro atoms. The molecule has 0 aliphatic heterocycles. The summed E-state index contributed by atoms with van der Waals surface area (Å²) in [6, 6.07) is 0. The van der Waals surface area contributed by atoms with Gasteiger partial charge in [0.15, 0.2) is 25.2 Å². The fourth-order valence-electron chi connectivity index (χ4n) is 8.08. The van der Waals surface area contributed by atoms with Crippen LogP contribution in [0.3, 0.4) is 0 Å². The van der Waals surface area contributed by atoms with Gasteiger partial charge in [-0.25, -0.2) is 0 Å². The molecule has 0 aromatic heterocycles. The quantitative estimate of drug-likeness (QED) is 0.0255. The van der Waals surface area contributed by atoms with Gasteiger partial charge in [-0.3, -0.25) is 0 Å². The Morgan fingerprint density at radius 3 is 0.561 bits per heavy atom. The van der Waals surface area contributed by atoms with E-state index in [0.29, 0.717) is 157 Å². The van der Waals surface area contributed by atoms with Crippen molar-refractivity contribution in [2.45, 2.75) is 234 Å². The summed E-state index contributed by atoms with van der Waals surface area (Å²) >= 11 is 0. The van der Waals surface area contributed by atoms with Crippen molar-refractivity contribution in [3.63, 3.8) is 0 Å². The van der Waals surface area contributed by atoms with Crippen LogP contribution in [0.25, 0.3) is 0 Å². The highest BCUT2D eigenvalue weighted by Crippen LogP contribution is 2.28. The van der Waals surface area contributed by atoms with E-state index >= 15 is 0 Å². The zero-order valence-electron chi connectivity index (χ0n) is 52.9. The summed E-state index contributed by atoms with van der Waals surface area (Å²) in [4.78, 5) is 0. The largest absolute Gasteiger partial charge is 0.396 e. The molecule has 0 aromatic carbocycles. The van der Waals surface area contributed by atoms with Crippen LogP contribution in [0.4, 0.5) is 0 Å². The lowest BCUT2D eigenvalue weighted by molar-refractivity contribution is -0.337. The summed E-state index contributed by atoms with van der Waals surface area (Å²) < 4.78 is 98.2. The first-order chi connectivity index (χ1) is 40.3. The lowest BCUT2D eigenvalue weighted by Crippen LogP contribution is -2.64. The van der Waals surface area contributed by atoms with Crippen molar-refractivity contribution in [2.24, 2.45) is 0 Å². The van der Waals surface area contributed by atoms with Crippen LogP contribution in [0.2, 0.25) is 0 Å². The molecule has 0 amide bonds. The van der Waals surface area contributed by atoms with Gasteiger partial charge in [-0.05, 0) is 77.0 Å². The van der Waals surface area contributed by atoms with Crippen LogP contribution in [0.15, 0.2) is 0 Å². The first kappa shape index (κ1) is 81.1. The molecule has 4 atom stereocenters. The lowest BCUT2D eigenvalue weighted by Gasteiger charge is -2.49. The number of hydrogen-bond acceptors (Lipinski definition) is 22. The van der Waals surface area contributed by atoms with Gasteiger partial charge in [-0.15, -0.1) is 0 Å². The smallest absolute Gasteiger partial charge is 0.159 e. The number of aliphatic hydroxyl groups is 4. The van der Waals surface area contributed by atoms with Gasteiger partial charge >= 0.3 is 0 Å². The van der Waals surface area contributed by atoms with E-state index in [4.69, 9.17) is 75.8 Å². The Morgan fingerprint density at radius 1 is 0.220 bits per heavy atom. The zero-order chi connectivity index (χ0) is 60.2. The second-order valence-corrected chi connectivity index (χ2v) is 19.8. The summed E-state index contributed by atoms with van der Waals surface area (Å²) in [7, 11) is 0. The van der Waals surface area contributed by atoms with Crippen LogP contribution in [0.1, 0.15) is 184 Å². The number of hydrogen-bond donors (Lipinski definition) is 4. The predicted molar refractivity (Wildman–Crippen MR) is 315 cm³/mol. The molecule has 0 bridgehead atoms. The van der Waals surface area contributed by atoms with E-state index < -0.39 is 24.9 Å². The summed E-state index contributed by atoms with van der Waals surface area (Å²) in [5, 5.41) is 46.7. The molecule has 0 fully saturated rings. The molecular weight excluding hydrogens is 1070 g/mol. The summed E-state index contributed by atoms with van der Waals surface area (Å²) in [5.41, 5.74) is 0. The molecule has 82 heavy (non-hydrogen) atoms. The molecule has 0 aliphatic carbocycles. The fraction of sp³-hybridized carbons (Fsp3) is 1.00. The maximum absolute atomic E-state index is 10.8. The van der Waals surface area contributed by atoms with Crippen molar-refractivity contribution in [2.75, 3.05) is 159 Å². The number of nitrogens with zero attached hydrogens (tertiary/aromatic N) is 2. The maximum Gasteiger partial charge on any atom is 0.159 e. The second-order valence-electron chi connectivity index (χ2n) is 19.8. The van der Waals surface area contributed by atoms with Crippen LogP contribution in [-0.4, -0.2) is 239 Å². The van der Waals surface area contributed by atoms with Gasteiger partial charge < -0.3 is 96.2 Å². The molecule has 494 valence electrons. The van der Waals surface area contributed by atoms with Gasteiger partial charge in [-0.2, -0.15) is 10.0 Å². The molecule has 0 aromatic rings. The summed E-state index contributed by atoms with van der Waals surface area (Å²) in [6.45, 7) is 24.5. The normalized spacial score (nSPS) is 13.8. The number of ether oxygens (including phenoxy) is 16. The standard InChI is InChI=1S/C60H124N2O20/c1-9-33-75-57(76-34-10-2)25-49-67-41-17-45-71-53(21-29-63)61(54(22-30-64)72-46-18-42-68-50-26-58(77-35-11-3)78-36-12-4)62(55(23-31-65)73-47-19-43-69-51-27-59(79-37-13-5)80-38-14-6)56(24-32-66)74-48-20-44-70-52-28-60(81-39-15-7)82-40-16-8/h53-60,63-66H,9-52H2,1-8H3. The van der Waals surface area contributed by atoms with Gasteiger partial charge in [0.25, 0.3) is 0 Å². The average molecular weight is 1190 g/mol. The topological polar surface area (TPSA) is 235 Å². The number of rotatable bonds is 69. The molecule has 4 unspecified atom stereocenters. The third-order valence-corrected chi connectivity index (χ3v) is 12.0. The molecular formula is C60H124N2O20. The highest BCUT2D eigenvalue weighted by atomic mass is 16.7. The van der Waals surface area contributed by atoms with Crippen molar-refractivity contribution in [1.29, 1.82) is 0 Å². The Kier molecular flexibility index (Phi) is 62.5. The molecule has 0 rings (SSSR count). The fourth-order valence-corrected chi connectivity index (χ4v) is 8.08. The van der Waals surface area contributed by atoms with E-state index in [1.165, 1.54) is 0 Å². The van der Waals surface area contributed by atoms with Crippen molar-refractivity contribution < 1.29 is 96.2 Å². The van der Waals surface area contributed by atoms with Crippen LogP contribution < -0.4 is 0 Å². The Hall–Kier alpha value is -0.880. The molecule has 0 heterocycles. The maximum atomic E-state index is 10.8. The van der Waals surface area contributed by atoms with Gasteiger partial charge in [-0.1, -0.05) is 55.4 Å². The van der Waals surface area contributed by atoms with E-state index in [1.807, 2.05) is 10.0 Å². The van der Waals surface area contributed by atoms with Crippen LogP contribution in [-0.2, 0) is 75.8 Å². The Bertz CT molecular complexity index is 1040.